The molecular formula is C19H23Cl2N5O. The fourth-order valence-corrected chi connectivity index (χ4v) is 2.34. The molecule has 0 aliphatic carbocycles. The number of guanidine groups is 1. The molecule has 0 unspecified atom stereocenters. The molecule has 0 amide bonds. The van der Waals surface area contributed by atoms with Crippen LogP contribution in [0.5, 0.6) is 5.75 Å². The van der Waals surface area contributed by atoms with Crippen LogP contribution < -0.4 is 15.4 Å². The van der Waals surface area contributed by atoms with Crippen molar-refractivity contribution < 1.29 is 4.74 Å². The molecule has 2 rings (SSSR count). The molecule has 1 aromatic heterocycles. The van der Waals surface area contributed by atoms with Gasteiger partial charge in [-0.25, -0.2) is 0 Å². The monoisotopic (exact) mass is 407 g/mol. The van der Waals surface area contributed by atoms with Crippen LogP contribution in [-0.2, 0) is 0 Å². The lowest BCUT2D eigenvalue weighted by molar-refractivity contribution is 0.305. The number of anilines is 1. The Hall–Kier alpha value is -2.49. The Morgan fingerprint density at radius 2 is 1.78 bits per heavy atom. The summed E-state index contributed by atoms with van der Waals surface area (Å²) < 4.78 is 5.66. The Labute approximate surface area is 171 Å². The number of rotatable bonds is 9. The molecule has 0 aliphatic heterocycles. The van der Waals surface area contributed by atoms with Crippen molar-refractivity contribution in [3.05, 3.63) is 53.8 Å². The third kappa shape index (κ3) is 9.69. The lowest BCUT2D eigenvalue weighted by Gasteiger charge is -2.08. The highest BCUT2D eigenvalue weighted by atomic mass is 35.5. The quantitative estimate of drug-likeness (QED) is 0.208. The fraction of sp³-hybridized carbons (Fsp3) is 0.316. The minimum atomic E-state index is 0. The van der Waals surface area contributed by atoms with Crippen molar-refractivity contribution in [2.24, 2.45) is 4.99 Å². The molecule has 0 atom stereocenters. The van der Waals surface area contributed by atoms with Gasteiger partial charge < -0.3 is 10.1 Å². The average Bonchev–Trinajstić information content (AvgIpc) is 2.66. The molecule has 8 heteroatoms. The summed E-state index contributed by atoms with van der Waals surface area (Å²) in [6, 6.07) is 11.0. The minimum Gasteiger partial charge on any atom is -0.494 e. The molecule has 0 bridgehead atoms. The number of halogens is 2. The maximum absolute atomic E-state index is 8.81. The van der Waals surface area contributed by atoms with E-state index in [1.165, 1.54) is 0 Å². The summed E-state index contributed by atoms with van der Waals surface area (Å²) >= 11 is 5.84. The predicted octanol–water partition coefficient (Wildman–Crippen LogP) is 4.63. The first kappa shape index (κ1) is 22.6. The van der Waals surface area contributed by atoms with E-state index in [0.717, 1.165) is 37.1 Å². The summed E-state index contributed by atoms with van der Waals surface area (Å²) in [5.74, 6) is 1.29. The first-order valence-corrected chi connectivity index (χ1v) is 8.90. The van der Waals surface area contributed by atoms with Gasteiger partial charge in [-0.05, 0) is 55.7 Å². The molecule has 0 saturated heterocycles. The number of nitrogens with zero attached hydrogens (tertiary/aromatic N) is 3. The van der Waals surface area contributed by atoms with Crippen molar-refractivity contribution in [3.63, 3.8) is 0 Å². The SMILES string of the molecule is Cl.N#CNC(=NCCCCCCOc1ccc(Cl)cc1)Nc1ccncc1. The van der Waals surface area contributed by atoms with Crippen LogP contribution in [0.2, 0.25) is 5.02 Å². The van der Waals surface area contributed by atoms with E-state index < -0.39 is 0 Å². The molecule has 0 fully saturated rings. The van der Waals surface area contributed by atoms with Crippen LogP contribution in [0.3, 0.4) is 0 Å². The van der Waals surface area contributed by atoms with E-state index in [2.05, 4.69) is 20.6 Å². The van der Waals surface area contributed by atoms with Crippen LogP contribution >= 0.6 is 24.0 Å². The van der Waals surface area contributed by atoms with Crippen molar-refractivity contribution in [1.29, 1.82) is 5.26 Å². The third-order valence-corrected chi connectivity index (χ3v) is 3.77. The molecule has 1 heterocycles. The molecular weight excluding hydrogens is 385 g/mol. The summed E-state index contributed by atoms with van der Waals surface area (Å²) in [6.07, 6.45) is 9.32. The fourth-order valence-electron chi connectivity index (χ4n) is 2.21. The highest BCUT2D eigenvalue weighted by Gasteiger charge is 1.99. The Balaban J connectivity index is 0.00000364. The van der Waals surface area contributed by atoms with Gasteiger partial charge in [-0.2, -0.15) is 5.26 Å². The van der Waals surface area contributed by atoms with Crippen molar-refractivity contribution >= 4 is 35.7 Å². The predicted molar refractivity (Wildman–Crippen MR) is 112 cm³/mol. The van der Waals surface area contributed by atoms with E-state index in [-0.39, 0.29) is 12.4 Å². The van der Waals surface area contributed by atoms with Gasteiger partial charge in [-0.3, -0.25) is 15.3 Å². The van der Waals surface area contributed by atoms with E-state index in [9.17, 15) is 0 Å². The van der Waals surface area contributed by atoms with Crippen LogP contribution in [0.1, 0.15) is 25.7 Å². The van der Waals surface area contributed by atoms with E-state index in [4.69, 9.17) is 21.6 Å². The largest absolute Gasteiger partial charge is 0.494 e. The number of aromatic nitrogens is 1. The number of benzene rings is 1. The number of hydrogen-bond donors (Lipinski definition) is 2. The summed E-state index contributed by atoms with van der Waals surface area (Å²) in [4.78, 5) is 8.34. The number of ether oxygens (including phenoxy) is 1. The number of unbranched alkanes of at least 4 members (excludes halogenated alkanes) is 3. The van der Waals surface area contributed by atoms with Crippen LogP contribution in [0, 0.1) is 11.5 Å². The van der Waals surface area contributed by atoms with Crippen LogP contribution in [-0.4, -0.2) is 24.1 Å². The van der Waals surface area contributed by atoms with Gasteiger partial charge >= 0.3 is 0 Å². The average molecular weight is 408 g/mol. The van der Waals surface area contributed by atoms with Gasteiger partial charge in [0.1, 0.15) is 5.75 Å². The van der Waals surface area contributed by atoms with Gasteiger partial charge in [0.2, 0.25) is 5.96 Å². The molecule has 2 N–H and O–H groups in total. The Morgan fingerprint density at radius 3 is 2.48 bits per heavy atom. The second-order valence-electron chi connectivity index (χ2n) is 5.54. The first-order valence-electron chi connectivity index (χ1n) is 8.53. The van der Waals surface area contributed by atoms with Crippen molar-refractivity contribution in [3.8, 4) is 11.9 Å². The number of hydrogen-bond acceptors (Lipinski definition) is 4. The van der Waals surface area contributed by atoms with E-state index in [0.29, 0.717) is 24.1 Å². The summed E-state index contributed by atoms with van der Waals surface area (Å²) in [6.45, 7) is 1.34. The molecule has 27 heavy (non-hydrogen) atoms. The van der Waals surface area contributed by atoms with Crippen LogP contribution in [0.4, 0.5) is 5.69 Å². The van der Waals surface area contributed by atoms with Gasteiger partial charge in [0.25, 0.3) is 0 Å². The first-order chi connectivity index (χ1) is 12.8. The Bertz CT molecular complexity index is 717. The molecule has 0 aliphatic rings. The molecule has 0 saturated carbocycles. The highest BCUT2D eigenvalue weighted by Crippen LogP contribution is 2.16. The van der Waals surface area contributed by atoms with Gasteiger partial charge in [-0.15, -0.1) is 12.4 Å². The summed E-state index contributed by atoms with van der Waals surface area (Å²) in [7, 11) is 0. The molecule has 144 valence electrons. The van der Waals surface area contributed by atoms with Crippen LogP contribution in [0.25, 0.3) is 0 Å². The molecule has 0 spiro atoms. The molecule has 2 aromatic rings. The number of nitrogens with one attached hydrogen (secondary N) is 2. The minimum absolute atomic E-state index is 0. The topological polar surface area (TPSA) is 82.3 Å². The van der Waals surface area contributed by atoms with E-state index >= 15 is 0 Å². The van der Waals surface area contributed by atoms with E-state index in [1.807, 2.05) is 42.6 Å². The van der Waals surface area contributed by atoms with Gasteiger partial charge in [0.05, 0.1) is 6.61 Å². The second kappa shape index (κ2) is 13.7. The maximum Gasteiger partial charge on any atom is 0.209 e. The Kier molecular flexibility index (Phi) is 11.4. The van der Waals surface area contributed by atoms with Crippen LogP contribution in [0.15, 0.2) is 53.8 Å². The zero-order valence-electron chi connectivity index (χ0n) is 14.9. The Morgan fingerprint density at radius 1 is 1.07 bits per heavy atom. The standard InChI is InChI=1S/C19H22ClN5O.ClH/c20-16-5-7-18(8-6-16)26-14-4-2-1-3-11-23-19(24-15-21)25-17-9-12-22-13-10-17;/h5-10,12-13H,1-4,11,14H2,(H2,22,23,24,25);1H. The zero-order chi connectivity index (χ0) is 18.5. The summed E-state index contributed by atoms with van der Waals surface area (Å²) in [5.41, 5.74) is 0.834. The third-order valence-electron chi connectivity index (χ3n) is 3.52. The lowest BCUT2D eigenvalue weighted by atomic mass is 10.2. The van der Waals surface area contributed by atoms with Gasteiger partial charge in [-0.1, -0.05) is 18.0 Å². The van der Waals surface area contributed by atoms with Crippen molar-refractivity contribution in [2.45, 2.75) is 25.7 Å². The summed E-state index contributed by atoms with van der Waals surface area (Å²) in [5, 5.41) is 15.1. The smallest absolute Gasteiger partial charge is 0.209 e. The zero-order valence-corrected chi connectivity index (χ0v) is 16.5. The lowest BCUT2D eigenvalue weighted by Crippen LogP contribution is -2.27. The number of nitriles is 1. The van der Waals surface area contributed by atoms with E-state index in [1.54, 1.807) is 12.4 Å². The molecule has 0 radical (unpaired) electrons. The van der Waals surface area contributed by atoms with Crippen molar-refractivity contribution in [1.82, 2.24) is 10.3 Å². The molecule has 1 aromatic carbocycles. The van der Waals surface area contributed by atoms with Crippen molar-refractivity contribution in [2.75, 3.05) is 18.5 Å². The second-order valence-corrected chi connectivity index (χ2v) is 5.98. The number of aliphatic imine (C=N–C) groups is 1. The highest BCUT2D eigenvalue weighted by molar-refractivity contribution is 6.30. The number of pyridine rings is 1. The molecule has 6 nitrogen and oxygen atoms in total. The maximum atomic E-state index is 8.81. The van der Waals surface area contributed by atoms with Gasteiger partial charge in [0.15, 0.2) is 6.19 Å². The van der Waals surface area contributed by atoms with Gasteiger partial charge in [0, 0.05) is 29.6 Å². The normalized spacial score (nSPS) is 10.4.